The molecule has 0 aromatic carbocycles. The quantitative estimate of drug-likeness (QED) is 0.801. The Morgan fingerprint density at radius 1 is 1.56 bits per heavy atom. The van der Waals surface area contributed by atoms with E-state index in [9.17, 15) is 13.2 Å². The number of rotatable bonds is 5. The van der Waals surface area contributed by atoms with Gasteiger partial charge in [-0.1, -0.05) is 6.92 Å². The van der Waals surface area contributed by atoms with Crippen LogP contribution in [0.4, 0.5) is 0 Å². The molecule has 0 atom stereocenters. The lowest BCUT2D eigenvalue weighted by Crippen LogP contribution is -2.31. The molecule has 0 aliphatic carbocycles. The van der Waals surface area contributed by atoms with E-state index in [0.717, 1.165) is 12.0 Å². The van der Waals surface area contributed by atoms with E-state index in [1.807, 2.05) is 18.4 Å². The lowest BCUT2D eigenvalue weighted by Gasteiger charge is -2.03. The van der Waals surface area contributed by atoms with Crippen molar-refractivity contribution in [2.24, 2.45) is 5.14 Å². The normalized spacial score (nSPS) is 11.4. The first kappa shape index (κ1) is 13.1. The molecule has 1 aromatic heterocycles. The minimum absolute atomic E-state index is 0.0404. The maximum atomic E-state index is 11.6. The summed E-state index contributed by atoms with van der Waals surface area (Å²) in [6.07, 6.45) is 0.779. The highest BCUT2D eigenvalue weighted by Crippen LogP contribution is 2.16. The van der Waals surface area contributed by atoms with E-state index >= 15 is 0 Å². The van der Waals surface area contributed by atoms with E-state index in [2.05, 4.69) is 5.32 Å². The largest absolute Gasteiger partial charge is 0.350 e. The van der Waals surface area contributed by atoms with Gasteiger partial charge in [0, 0.05) is 6.54 Å². The van der Waals surface area contributed by atoms with E-state index in [1.54, 1.807) is 0 Å². The van der Waals surface area contributed by atoms with E-state index in [-0.39, 0.29) is 18.2 Å². The number of nitrogens with two attached hydrogens (primary N) is 1. The van der Waals surface area contributed by atoms with Crippen molar-refractivity contribution in [1.82, 2.24) is 5.32 Å². The minimum atomic E-state index is -3.52. The first-order chi connectivity index (χ1) is 7.44. The van der Waals surface area contributed by atoms with Crippen molar-refractivity contribution in [1.29, 1.82) is 0 Å². The Morgan fingerprint density at radius 3 is 2.81 bits per heavy atom. The Kier molecular flexibility index (Phi) is 4.45. The van der Waals surface area contributed by atoms with Gasteiger partial charge in [-0.05, 0) is 23.4 Å². The SMILES string of the molecule is CCc1ccsc1C(=O)NCCS(N)(=O)=O. The van der Waals surface area contributed by atoms with Gasteiger partial charge in [-0.15, -0.1) is 11.3 Å². The number of sulfonamides is 1. The topological polar surface area (TPSA) is 89.3 Å². The van der Waals surface area contributed by atoms with Crippen LogP contribution in [0, 0.1) is 0 Å². The third kappa shape index (κ3) is 3.92. The third-order valence-corrected chi connectivity index (χ3v) is 3.73. The van der Waals surface area contributed by atoms with Crippen LogP contribution in [0.1, 0.15) is 22.2 Å². The molecule has 0 spiro atoms. The number of thiophene rings is 1. The van der Waals surface area contributed by atoms with Crippen molar-refractivity contribution in [2.75, 3.05) is 12.3 Å². The summed E-state index contributed by atoms with van der Waals surface area (Å²) in [6.45, 7) is 2.00. The molecule has 0 aliphatic rings. The molecule has 1 amide bonds. The van der Waals surface area contributed by atoms with Crippen LogP contribution in [0.3, 0.4) is 0 Å². The Bertz CT molecular complexity index is 465. The number of nitrogens with one attached hydrogen (secondary N) is 1. The van der Waals surface area contributed by atoms with Gasteiger partial charge in [0.25, 0.3) is 5.91 Å². The van der Waals surface area contributed by atoms with Crippen molar-refractivity contribution in [3.8, 4) is 0 Å². The number of hydrogen-bond donors (Lipinski definition) is 2. The second-order valence-corrected chi connectivity index (χ2v) is 5.90. The van der Waals surface area contributed by atoms with Crippen molar-refractivity contribution in [3.05, 3.63) is 21.9 Å². The van der Waals surface area contributed by atoms with Gasteiger partial charge in [-0.25, -0.2) is 13.6 Å². The summed E-state index contributed by atoms with van der Waals surface area (Å²) >= 11 is 1.35. The number of carbonyl (C=O) groups excluding carboxylic acids is 1. The summed E-state index contributed by atoms with van der Waals surface area (Å²) in [5.41, 5.74) is 0.970. The van der Waals surface area contributed by atoms with Gasteiger partial charge in [-0.2, -0.15) is 0 Å². The predicted octanol–water partition coefficient (Wildman–Crippen LogP) is 0.329. The average Bonchev–Trinajstić information content (AvgIpc) is 2.63. The fourth-order valence-electron chi connectivity index (χ4n) is 1.20. The molecule has 90 valence electrons. The zero-order valence-corrected chi connectivity index (χ0v) is 10.5. The maximum absolute atomic E-state index is 11.6. The van der Waals surface area contributed by atoms with Gasteiger partial charge in [-0.3, -0.25) is 4.79 Å². The van der Waals surface area contributed by atoms with Crippen LogP contribution in [-0.2, 0) is 16.4 Å². The van der Waals surface area contributed by atoms with Gasteiger partial charge in [0.05, 0.1) is 10.6 Å². The molecule has 0 saturated carbocycles. The van der Waals surface area contributed by atoms with Gasteiger partial charge in [0.2, 0.25) is 10.0 Å². The molecule has 0 radical (unpaired) electrons. The van der Waals surface area contributed by atoms with Crippen molar-refractivity contribution < 1.29 is 13.2 Å². The highest BCUT2D eigenvalue weighted by Gasteiger charge is 2.12. The number of hydrogen-bond acceptors (Lipinski definition) is 4. The monoisotopic (exact) mass is 262 g/mol. The number of aryl methyl sites for hydroxylation is 1. The molecule has 0 aliphatic heterocycles. The molecular formula is C9H14N2O3S2. The summed E-state index contributed by atoms with van der Waals surface area (Å²) < 4.78 is 21.3. The summed E-state index contributed by atoms with van der Waals surface area (Å²) in [7, 11) is -3.52. The Balaban J connectivity index is 2.54. The van der Waals surface area contributed by atoms with Gasteiger partial charge >= 0.3 is 0 Å². The van der Waals surface area contributed by atoms with E-state index in [4.69, 9.17) is 5.14 Å². The second kappa shape index (κ2) is 5.42. The molecule has 5 nitrogen and oxygen atoms in total. The van der Waals surface area contributed by atoms with Gasteiger partial charge in [0.1, 0.15) is 0 Å². The molecule has 0 unspecified atom stereocenters. The summed E-state index contributed by atoms with van der Waals surface area (Å²) in [5.74, 6) is -0.485. The molecule has 7 heteroatoms. The highest BCUT2D eigenvalue weighted by molar-refractivity contribution is 7.89. The average molecular weight is 262 g/mol. The molecule has 0 bridgehead atoms. The van der Waals surface area contributed by atoms with Crippen LogP contribution in [0.25, 0.3) is 0 Å². The summed E-state index contributed by atoms with van der Waals surface area (Å²) in [4.78, 5) is 12.3. The number of primary sulfonamides is 1. The van der Waals surface area contributed by atoms with Crippen molar-refractivity contribution >= 4 is 27.3 Å². The predicted molar refractivity (Wildman–Crippen MR) is 64.0 cm³/mol. The standard InChI is InChI=1S/C9H14N2O3S2/c1-2-7-3-5-15-8(7)9(12)11-4-6-16(10,13)14/h3,5H,2,4,6H2,1H3,(H,11,12)(H2,10,13,14). The lowest BCUT2D eigenvalue weighted by molar-refractivity contribution is 0.0959. The number of carbonyl (C=O) groups is 1. The van der Waals surface area contributed by atoms with Gasteiger partial charge in [0.15, 0.2) is 0 Å². The first-order valence-corrected chi connectivity index (χ1v) is 7.38. The Morgan fingerprint density at radius 2 is 2.25 bits per heavy atom. The zero-order valence-electron chi connectivity index (χ0n) is 8.89. The molecule has 1 aromatic rings. The molecule has 16 heavy (non-hydrogen) atoms. The van der Waals surface area contributed by atoms with Crippen molar-refractivity contribution in [2.45, 2.75) is 13.3 Å². The minimum Gasteiger partial charge on any atom is -0.350 e. The zero-order chi connectivity index (χ0) is 12.2. The molecule has 1 rings (SSSR count). The van der Waals surface area contributed by atoms with E-state index in [1.165, 1.54) is 11.3 Å². The number of amides is 1. The van der Waals surface area contributed by atoms with Crippen LogP contribution in [-0.4, -0.2) is 26.6 Å². The first-order valence-electron chi connectivity index (χ1n) is 4.79. The van der Waals surface area contributed by atoms with Crippen molar-refractivity contribution in [3.63, 3.8) is 0 Å². The van der Waals surface area contributed by atoms with Crippen LogP contribution < -0.4 is 10.5 Å². The van der Waals surface area contributed by atoms with Crippen LogP contribution in [0.15, 0.2) is 11.4 Å². The smallest absolute Gasteiger partial charge is 0.261 e. The van der Waals surface area contributed by atoms with Crippen LogP contribution in [0.2, 0.25) is 0 Å². The maximum Gasteiger partial charge on any atom is 0.261 e. The van der Waals surface area contributed by atoms with Gasteiger partial charge < -0.3 is 5.32 Å². The van der Waals surface area contributed by atoms with Crippen LogP contribution >= 0.6 is 11.3 Å². The molecular weight excluding hydrogens is 248 g/mol. The third-order valence-electron chi connectivity index (χ3n) is 2.01. The second-order valence-electron chi connectivity index (χ2n) is 3.25. The fourth-order valence-corrected chi connectivity index (χ4v) is 2.50. The molecule has 3 N–H and O–H groups in total. The lowest BCUT2D eigenvalue weighted by atomic mass is 10.2. The fraction of sp³-hybridized carbons (Fsp3) is 0.444. The highest BCUT2D eigenvalue weighted by atomic mass is 32.2. The molecule has 0 saturated heterocycles. The summed E-state index contributed by atoms with van der Waals surface area (Å²) in [6, 6.07) is 1.89. The van der Waals surface area contributed by atoms with E-state index < -0.39 is 10.0 Å². The molecule has 0 fully saturated rings. The summed E-state index contributed by atoms with van der Waals surface area (Å²) in [5, 5.41) is 9.19. The Hall–Kier alpha value is -0.920. The van der Waals surface area contributed by atoms with Crippen LogP contribution in [0.5, 0.6) is 0 Å². The molecule has 1 heterocycles. The Labute approximate surface area is 98.7 Å². The van der Waals surface area contributed by atoms with E-state index in [0.29, 0.717) is 4.88 Å².